The molecule has 1 aliphatic carbocycles. The zero-order chi connectivity index (χ0) is 20.3. The highest BCUT2D eigenvalue weighted by atomic mass is 32.2. The number of alkyl carbamates (subject to hydrolysis) is 1. The van der Waals surface area contributed by atoms with Gasteiger partial charge in [0.2, 0.25) is 0 Å². The van der Waals surface area contributed by atoms with E-state index in [0.717, 1.165) is 25.2 Å². The van der Waals surface area contributed by atoms with Gasteiger partial charge in [-0.15, -0.1) is 4.36 Å². The van der Waals surface area contributed by atoms with Gasteiger partial charge in [0.25, 0.3) is 0 Å². The maximum Gasteiger partial charge on any atom is 0.442 e. The van der Waals surface area contributed by atoms with Crippen molar-refractivity contribution in [3.8, 4) is 0 Å². The number of carbonyl (C=O) groups excluding carboxylic acids is 2. The van der Waals surface area contributed by atoms with Crippen molar-refractivity contribution < 1.29 is 27.7 Å². The van der Waals surface area contributed by atoms with Crippen LogP contribution in [0.15, 0.2) is 15.6 Å². The van der Waals surface area contributed by atoms with Gasteiger partial charge in [-0.25, -0.2) is 13.8 Å². The molecule has 0 aliphatic heterocycles. The quantitative estimate of drug-likeness (QED) is 0.776. The van der Waals surface area contributed by atoms with Gasteiger partial charge in [0.15, 0.2) is 5.16 Å². The molecule has 2 atom stereocenters. The highest BCUT2D eigenvalue weighted by Crippen LogP contribution is 2.34. The normalized spacial score (nSPS) is 19.2. The van der Waals surface area contributed by atoms with Crippen LogP contribution >= 0.6 is 0 Å². The lowest BCUT2D eigenvalue weighted by Crippen LogP contribution is -2.39. The Bertz CT molecular complexity index is 693. The van der Waals surface area contributed by atoms with Gasteiger partial charge in [0.1, 0.15) is 20.9 Å². The Kier molecular flexibility index (Phi) is 6.84. The van der Waals surface area contributed by atoms with Crippen molar-refractivity contribution in [3.63, 3.8) is 0 Å². The Hall–Kier alpha value is -1.64. The van der Waals surface area contributed by atoms with Gasteiger partial charge in [-0.1, -0.05) is 0 Å². The van der Waals surface area contributed by atoms with E-state index in [-0.39, 0.29) is 5.92 Å². The third-order valence-corrected chi connectivity index (χ3v) is 4.49. The maximum atomic E-state index is 14.5. The topological polar surface area (TPSA) is 94.1 Å². The molecule has 2 amide bonds. The number of carbonyl (C=O) groups is 2. The van der Waals surface area contributed by atoms with Crippen LogP contribution in [0.25, 0.3) is 0 Å². The third kappa shape index (κ3) is 8.64. The molecule has 150 valence electrons. The summed E-state index contributed by atoms with van der Waals surface area (Å²) in [5.74, 6) is 0.0324. The molecule has 0 radical (unpaired) electrons. The molecule has 1 fully saturated rings. The molecule has 2 unspecified atom stereocenters. The lowest BCUT2D eigenvalue weighted by molar-refractivity contribution is 0.0508. The third-order valence-electron chi connectivity index (χ3n) is 3.13. The predicted octanol–water partition coefficient (Wildman–Crippen LogP) is 4.13. The van der Waals surface area contributed by atoms with Crippen LogP contribution in [0, 0.1) is 5.92 Å². The highest BCUT2D eigenvalue weighted by molar-refractivity contribution is 7.96. The zero-order valence-corrected chi connectivity index (χ0v) is 17.2. The summed E-state index contributed by atoms with van der Waals surface area (Å²) in [5, 5.41) is 1.50. The van der Waals surface area contributed by atoms with Crippen molar-refractivity contribution in [1.82, 2.24) is 5.32 Å². The maximum absolute atomic E-state index is 14.5. The minimum absolute atomic E-state index is 0.0324. The van der Waals surface area contributed by atoms with Gasteiger partial charge in [-0.3, -0.25) is 0 Å². The first kappa shape index (κ1) is 22.4. The zero-order valence-electron chi connectivity index (χ0n) is 16.4. The smallest absolute Gasteiger partial charge is 0.442 e. The van der Waals surface area contributed by atoms with E-state index in [1.807, 2.05) is 0 Å². The van der Waals surface area contributed by atoms with Gasteiger partial charge in [0, 0.05) is 6.26 Å². The number of nitrogens with zero attached hydrogens (tertiary/aromatic N) is 1. The van der Waals surface area contributed by atoms with E-state index in [0.29, 0.717) is 0 Å². The second kappa shape index (κ2) is 7.94. The molecule has 0 aromatic heterocycles. The van der Waals surface area contributed by atoms with Crippen LogP contribution in [0.3, 0.4) is 0 Å². The number of amides is 2. The lowest BCUT2D eigenvalue weighted by atomic mass is 10.2. The fourth-order valence-corrected chi connectivity index (χ4v) is 2.74. The number of rotatable bonds is 4. The molecule has 0 saturated heterocycles. The minimum atomic E-state index is -3.60. The molecular formula is C17H29FN2O5S. The molecule has 7 nitrogen and oxygen atoms in total. The first-order valence-electron chi connectivity index (χ1n) is 8.41. The molecule has 0 aromatic rings. The fraction of sp³-hybridized carbons (Fsp3) is 0.765. The largest absolute Gasteiger partial charge is 0.444 e. The Labute approximate surface area is 154 Å². The average molecular weight is 392 g/mol. The summed E-state index contributed by atoms with van der Waals surface area (Å²) in [6, 6.07) is -0.681. The SMILES string of the molecule is CC(C)(C)OC(=O)N=S(C)(=O)/C(F)=C\C(NC(=O)OC(C)(C)C)C1CC1. The molecule has 9 heteroatoms. The number of hydrogen-bond donors (Lipinski definition) is 1. The Morgan fingerprint density at radius 2 is 1.65 bits per heavy atom. The van der Waals surface area contributed by atoms with Crippen molar-refractivity contribution in [2.45, 2.75) is 71.6 Å². The van der Waals surface area contributed by atoms with E-state index in [2.05, 4.69) is 9.68 Å². The first-order valence-corrected chi connectivity index (χ1v) is 10.3. The van der Waals surface area contributed by atoms with E-state index in [9.17, 15) is 18.2 Å². The van der Waals surface area contributed by atoms with Crippen LogP contribution < -0.4 is 5.32 Å². The molecule has 1 saturated carbocycles. The number of hydrogen-bond acceptors (Lipinski definition) is 5. The van der Waals surface area contributed by atoms with Crippen molar-refractivity contribution >= 4 is 21.9 Å². The molecule has 26 heavy (non-hydrogen) atoms. The van der Waals surface area contributed by atoms with E-state index in [4.69, 9.17) is 9.47 Å². The molecule has 0 bridgehead atoms. The monoisotopic (exact) mass is 392 g/mol. The van der Waals surface area contributed by atoms with E-state index < -0.39 is 44.3 Å². The summed E-state index contributed by atoms with van der Waals surface area (Å²) >= 11 is 0. The van der Waals surface area contributed by atoms with Crippen LogP contribution in [-0.4, -0.2) is 39.9 Å². The second-order valence-corrected chi connectivity index (χ2v) is 10.5. The summed E-state index contributed by atoms with van der Waals surface area (Å²) in [5.41, 5.74) is -1.52. The summed E-state index contributed by atoms with van der Waals surface area (Å²) < 4.78 is 40.4. The summed E-state index contributed by atoms with van der Waals surface area (Å²) in [6.45, 7) is 10.0. The summed E-state index contributed by atoms with van der Waals surface area (Å²) in [7, 11) is -3.60. The average Bonchev–Trinajstić information content (AvgIpc) is 3.15. The van der Waals surface area contributed by atoms with Gasteiger partial charge in [0.05, 0.1) is 6.04 Å². The van der Waals surface area contributed by atoms with Crippen LogP contribution in [0.4, 0.5) is 14.0 Å². The van der Waals surface area contributed by atoms with Crippen LogP contribution in [0.1, 0.15) is 54.4 Å². The predicted molar refractivity (Wildman–Crippen MR) is 97.8 cm³/mol. The molecule has 0 aromatic carbocycles. The summed E-state index contributed by atoms with van der Waals surface area (Å²) in [6.07, 6.45) is 1.87. The van der Waals surface area contributed by atoms with Crippen molar-refractivity contribution in [3.05, 3.63) is 11.2 Å². The van der Waals surface area contributed by atoms with Crippen molar-refractivity contribution in [2.24, 2.45) is 10.3 Å². The molecule has 1 N–H and O–H groups in total. The number of nitrogens with one attached hydrogen (secondary N) is 1. The Balaban J connectivity index is 2.93. The van der Waals surface area contributed by atoms with Crippen LogP contribution in [0.2, 0.25) is 0 Å². The van der Waals surface area contributed by atoms with E-state index in [1.54, 1.807) is 41.5 Å². The lowest BCUT2D eigenvalue weighted by Gasteiger charge is -2.22. The van der Waals surface area contributed by atoms with Gasteiger partial charge in [-0.2, -0.15) is 4.39 Å². The van der Waals surface area contributed by atoms with Crippen LogP contribution in [0.5, 0.6) is 0 Å². The second-order valence-electron chi connectivity index (χ2n) is 8.35. The minimum Gasteiger partial charge on any atom is -0.444 e. The van der Waals surface area contributed by atoms with Crippen LogP contribution in [-0.2, 0) is 19.2 Å². The summed E-state index contributed by atoms with van der Waals surface area (Å²) in [4.78, 5) is 23.6. The van der Waals surface area contributed by atoms with Gasteiger partial charge >= 0.3 is 12.2 Å². The number of halogens is 1. The highest BCUT2D eigenvalue weighted by Gasteiger charge is 2.33. The number of ether oxygens (including phenoxy) is 2. The Morgan fingerprint density at radius 3 is 2.08 bits per heavy atom. The Morgan fingerprint density at radius 1 is 1.15 bits per heavy atom. The molecular weight excluding hydrogens is 363 g/mol. The van der Waals surface area contributed by atoms with Gasteiger partial charge in [-0.05, 0) is 66.4 Å². The molecule has 0 heterocycles. The van der Waals surface area contributed by atoms with Crippen molar-refractivity contribution in [1.29, 1.82) is 0 Å². The molecule has 1 rings (SSSR count). The molecule has 1 aliphatic rings. The van der Waals surface area contributed by atoms with E-state index in [1.165, 1.54) is 0 Å². The fourth-order valence-electron chi connectivity index (χ4n) is 1.93. The van der Waals surface area contributed by atoms with Gasteiger partial charge < -0.3 is 14.8 Å². The molecule has 0 spiro atoms. The first-order chi connectivity index (χ1) is 11.6. The van der Waals surface area contributed by atoms with Crippen molar-refractivity contribution in [2.75, 3.05) is 6.26 Å². The van der Waals surface area contributed by atoms with E-state index >= 15 is 0 Å². The standard InChI is InChI=1S/C17H29FN2O5S/c1-16(2,3)24-14(21)19-12(11-8-9-11)10-13(18)26(7,23)20-15(22)25-17(4,5)6/h10-12H,8-9H2,1-7H3,(H,19,21)/b13-10-.